The number of aryl methyl sites for hydroxylation is 2. The number of carbonyl (C=O) groups excluding carboxylic acids is 1. The number of rotatable bonds is 7. The first-order chi connectivity index (χ1) is 16.2. The van der Waals surface area contributed by atoms with E-state index in [1.54, 1.807) is 19.1 Å². The van der Waals surface area contributed by atoms with Crippen LogP contribution in [0, 0.1) is 13.8 Å². The summed E-state index contributed by atoms with van der Waals surface area (Å²) in [7, 11) is -3.19. The highest BCUT2D eigenvalue weighted by Crippen LogP contribution is 2.23. The van der Waals surface area contributed by atoms with Crippen LogP contribution in [-0.2, 0) is 16.4 Å². The number of nitrogens with zero attached hydrogens (tertiary/aromatic N) is 3. The van der Waals surface area contributed by atoms with E-state index in [0.29, 0.717) is 17.0 Å². The number of hydrogen-bond donors (Lipinski definition) is 1. The number of carbonyl (C=O) groups is 1. The quantitative estimate of drug-likeness (QED) is 0.557. The molecule has 0 saturated carbocycles. The molecule has 1 aliphatic rings. The van der Waals surface area contributed by atoms with Crippen LogP contribution in [0.25, 0.3) is 0 Å². The van der Waals surface area contributed by atoms with E-state index in [-0.39, 0.29) is 17.7 Å². The van der Waals surface area contributed by atoms with Crippen molar-refractivity contribution in [3.05, 3.63) is 77.1 Å². The molecule has 0 radical (unpaired) electrons. The molecule has 2 aromatic carbocycles. The molecule has 0 unspecified atom stereocenters. The molecule has 2 heterocycles. The van der Waals surface area contributed by atoms with Gasteiger partial charge in [-0.25, -0.2) is 8.42 Å². The van der Waals surface area contributed by atoms with Gasteiger partial charge < -0.3 is 10.2 Å². The van der Waals surface area contributed by atoms with Gasteiger partial charge in [0.2, 0.25) is 0 Å². The standard InChI is InChI=1S/C26H32N4O3S/c1-4-34(32,33)25-10-8-24(9-11-25)29-14-12-23(13-15-29)27-26(31)22-7-5-6-21(17-22)18-30-20(3)16-19(2)28-30/h5-11,16-17,23H,4,12-15,18H2,1-3H3,(H,27,31). The third-order valence-corrected chi connectivity index (χ3v) is 8.15. The van der Waals surface area contributed by atoms with Crippen molar-refractivity contribution in [2.24, 2.45) is 0 Å². The molecule has 0 aliphatic carbocycles. The number of amides is 1. The number of sulfone groups is 1. The summed E-state index contributed by atoms with van der Waals surface area (Å²) in [4.78, 5) is 15.5. The van der Waals surface area contributed by atoms with Gasteiger partial charge in [0.1, 0.15) is 0 Å². The molecule has 1 N–H and O–H groups in total. The molecule has 34 heavy (non-hydrogen) atoms. The lowest BCUT2D eigenvalue weighted by Crippen LogP contribution is -2.44. The number of benzene rings is 2. The minimum Gasteiger partial charge on any atom is -0.371 e. The molecular formula is C26H32N4O3S. The van der Waals surface area contributed by atoms with Crippen LogP contribution in [0.4, 0.5) is 5.69 Å². The van der Waals surface area contributed by atoms with E-state index in [1.807, 2.05) is 61.0 Å². The molecule has 0 atom stereocenters. The fourth-order valence-electron chi connectivity index (χ4n) is 4.40. The Bertz CT molecular complexity index is 1260. The van der Waals surface area contributed by atoms with Crippen molar-refractivity contribution in [3.63, 3.8) is 0 Å². The van der Waals surface area contributed by atoms with Gasteiger partial charge >= 0.3 is 0 Å². The summed E-state index contributed by atoms with van der Waals surface area (Å²) in [6.07, 6.45) is 1.68. The van der Waals surface area contributed by atoms with Crippen molar-refractivity contribution in [1.29, 1.82) is 0 Å². The highest BCUT2D eigenvalue weighted by Gasteiger charge is 2.22. The maximum Gasteiger partial charge on any atom is 0.251 e. The van der Waals surface area contributed by atoms with Crippen molar-refractivity contribution in [3.8, 4) is 0 Å². The zero-order valence-electron chi connectivity index (χ0n) is 20.0. The Morgan fingerprint density at radius 2 is 1.76 bits per heavy atom. The Morgan fingerprint density at radius 3 is 2.38 bits per heavy atom. The average molecular weight is 481 g/mol. The van der Waals surface area contributed by atoms with Crippen LogP contribution in [0.2, 0.25) is 0 Å². The normalized spacial score (nSPS) is 14.9. The highest BCUT2D eigenvalue weighted by molar-refractivity contribution is 7.91. The number of piperidine rings is 1. The second-order valence-electron chi connectivity index (χ2n) is 8.92. The molecule has 0 spiro atoms. The summed E-state index contributed by atoms with van der Waals surface area (Å²) in [5, 5.41) is 7.69. The maximum absolute atomic E-state index is 12.9. The number of hydrogen-bond acceptors (Lipinski definition) is 5. The molecular weight excluding hydrogens is 448 g/mol. The number of nitrogens with one attached hydrogen (secondary N) is 1. The SMILES string of the molecule is CCS(=O)(=O)c1ccc(N2CCC(NC(=O)c3cccc(Cn4nc(C)cc4C)c3)CC2)cc1. The monoisotopic (exact) mass is 480 g/mol. The molecule has 1 aliphatic heterocycles. The van der Waals surface area contributed by atoms with Crippen molar-refractivity contribution < 1.29 is 13.2 Å². The van der Waals surface area contributed by atoms with Gasteiger partial charge in [-0.1, -0.05) is 19.1 Å². The first kappa shape index (κ1) is 24.0. The Labute approximate surface area is 201 Å². The van der Waals surface area contributed by atoms with Crippen molar-refractivity contribution in [2.45, 2.75) is 51.1 Å². The summed E-state index contributed by atoms with van der Waals surface area (Å²) in [6.45, 7) is 7.91. The molecule has 3 aromatic rings. The third-order valence-electron chi connectivity index (χ3n) is 6.40. The van der Waals surface area contributed by atoms with Gasteiger partial charge in [-0.2, -0.15) is 5.10 Å². The van der Waals surface area contributed by atoms with Crippen LogP contribution in [-0.4, -0.2) is 49.0 Å². The molecule has 180 valence electrons. The Balaban J connectivity index is 1.33. The van der Waals surface area contributed by atoms with E-state index in [2.05, 4.69) is 15.3 Å². The molecule has 8 heteroatoms. The molecule has 0 bridgehead atoms. The van der Waals surface area contributed by atoms with E-state index in [4.69, 9.17) is 0 Å². The van der Waals surface area contributed by atoms with Crippen LogP contribution in [0.5, 0.6) is 0 Å². The fraction of sp³-hybridized carbons (Fsp3) is 0.385. The smallest absolute Gasteiger partial charge is 0.251 e. The zero-order valence-corrected chi connectivity index (χ0v) is 20.8. The Kier molecular flexibility index (Phi) is 7.07. The van der Waals surface area contributed by atoms with Crippen molar-refractivity contribution >= 4 is 21.4 Å². The molecule has 1 saturated heterocycles. The Morgan fingerprint density at radius 1 is 1.06 bits per heavy atom. The first-order valence-electron chi connectivity index (χ1n) is 11.7. The Hall–Kier alpha value is -3.13. The van der Waals surface area contributed by atoms with Gasteiger partial charge in [0, 0.05) is 36.1 Å². The predicted octanol–water partition coefficient (Wildman–Crippen LogP) is 3.74. The second-order valence-corrected chi connectivity index (χ2v) is 11.2. The van der Waals surface area contributed by atoms with Crippen LogP contribution >= 0.6 is 0 Å². The molecule has 1 aromatic heterocycles. The van der Waals surface area contributed by atoms with Gasteiger partial charge in [0.25, 0.3) is 5.91 Å². The summed E-state index contributed by atoms with van der Waals surface area (Å²) in [5.41, 5.74) is 4.80. The predicted molar refractivity (Wildman–Crippen MR) is 134 cm³/mol. The summed E-state index contributed by atoms with van der Waals surface area (Å²) >= 11 is 0. The minimum atomic E-state index is -3.19. The van der Waals surface area contributed by atoms with Crippen LogP contribution in [0.3, 0.4) is 0 Å². The van der Waals surface area contributed by atoms with Crippen molar-refractivity contribution in [2.75, 3.05) is 23.7 Å². The third kappa shape index (κ3) is 5.50. The summed E-state index contributed by atoms with van der Waals surface area (Å²) < 4.78 is 26.0. The van der Waals surface area contributed by atoms with Crippen LogP contribution in [0.15, 0.2) is 59.5 Å². The van der Waals surface area contributed by atoms with Crippen LogP contribution in [0.1, 0.15) is 47.1 Å². The molecule has 7 nitrogen and oxygen atoms in total. The van der Waals surface area contributed by atoms with E-state index in [0.717, 1.165) is 48.6 Å². The van der Waals surface area contributed by atoms with Gasteiger partial charge in [0.05, 0.1) is 22.9 Å². The lowest BCUT2D eigenvalue weighted by molar-refractivity contribution is 0.0931. The molecule has 1 fully saturated rings. The van der Waals surface area contributed by atoms with Crippen molar-refractivity contribution in [1.82, 2.24) is 15.1 Å². The lowest BCUT2D eigenvalue weighted by Gasteiger charge is -2.34. The van der Waals surface area contributed by atoms with E-state index in [1.165, 1.54) is 0 Å². The van der Waals surface area contributed by atoms with Gasteiger partial charge in [-0.3, -0.25) is 9.48 Å². The van der Waals surface area contributed by atoms with Gasteiger partial charge in [-0.05, 0) is 74.7 Å². The maximum atomic E-state index is 12.9. The molecule has 4 rings (SSSR count). The topological polar surface area (TPSA) is 84.3 Å². The average Bonchev–Trinajstić information content (AvgIpc) is 3.16. The first-order valence-corrected chi connectivity index (χ1v) is 13.4. The number of anilines is 1. The van der Waals surface area contributed by atoms with E-state index < -0.39 is 9.84 Å². The van der Waals surface area contributed by atoms with Gasteiger partial charge in [-0.15, -0.1) is 0 Å². The fourth-order valence-corrected chi connectivity index (χ4v) is 5.28. The lowest BCUT2D eigenvalue weighted by atomic mass is 10.0. The van der Waals surface area contributed by atoms with Crippen LogP contribution < -0.4 is 10.2 Å². The zero-order chi connectivity index (χ0) is 24.3. The van der Waals surface area contributed by atoms with E-state index in [9.17, 15) is 13.2 Å². The van der Waals surface area contributed by atoms with E-state index >= 15 is 0 Å². The summed E-state index contributed by atoms with van der Waals surface area (Å²) in [6, 6.07) is 17.0. The summed E-state index contributed by atoms with van der Waals surface area (Å²) in [5.74, 6) is 0.0471. The largest absolute Gasteiger partial charge is 0.371 e. The highest BCUT2D eigenvalue weighted by atomic mass is 32.2. The second kappa shape index (κ2) is 10.0. The molecule has 1 amide bonds. The minimum absolute atomic E-state index is 0.0530. The number of aromatic nitrogens is 2. The van der Waals surface area contributed by atoms with Gasteiger partial charge in [0.15, 0.2) is 9.84 Å².